The first-order valence-corrected chi connectivity index (χ1v) is 6.29. The van der Waals surface area contributed by atoms with Crippen LogP contribution in [0.3, 0.4) is 0 Å². The van der Waals surface area contributed by atoms with Gasteiger partial charge in [0, 0.05) is 11.8 Å². The third-order valence-corrected chi connectivity index (χ3v) is 2.84. The smallest absolute Gasteiger partial charge is 0.323 e. The summed E-state index contributed by atoms with van der Waals surface area (Å²) in [5.41, 5.74) is -0.132. The summed E-state index contributed by atoms with van der Waals surface area (Å²) in [6.07, 6.45) is 0. The Balaban J connectivity index is 2.12. The van der Waals surface area contributed by atoms with Crippen molar-refractivity contribution in [2.24, 2.45) is 0 Å². The number of amides is 2. The second-order valence-corrected chi connectivity index (χ2v) is 4.25. The van der Waals surface area contributed by atoms with Crippen LogP contribution in [0.5, 0.6) is 11.5 Å². The Labute approximate surface area is 125 Å². The zero-order valence-electron chi connectivity index (χ0n) is 11.9. The van der Waals surface area contributed by atoms with Crippen LogP contribution in [0, 0.1) is 11.6 Å². The molecule has 2 aromatic carbocycles. The van der Waals surface area contributed by atoms with Crippen LogP contribution in [0.15, 0.2) is 36.4 Å². The van der Waals surface area contributed by atoms with Gasteiger partial charge in [0.05, 0.1) is 14.2 Å². The van der Waals surface area contributed by atoms with Crippen LogP contribution in [0.1, 0.15) is 0 Å². The largest absolute Gasteiger partial charge is 0.493 e. The molecule has 22 heavy (non-hydrogen) atoms. The Kier molecular flexibility index (Phi) is 4.77. The van der Waals surface area contributed by atoms with Gasteiger partial charge in [-0.05, 0) is 24.3 Å². The highest BCUT2D eigenvalue weighted by Crippen LogP contribution is 2.29. The van der Waals surface area contributed by atoms with Crippen molar-refractivity contribution in [1.82, 2.24) is 0 Å². The molecule has 116 valence electrons. The minimum absolute atomic E-state index is 0.381. The van der Waals surface area contributed by atoms with Crippen LogP contribution in [0.2, 0.25) is 0 Å². The molecule has 0 aromatic heterocycles. The number of anilines is 2. The summed E-state index contributed by atoms with van der Waals surface area (Å²) in [5.74, 6) is -0.809. The fraction of sp³-hybridized carbons (Fsp3) is 0.133. The van der Waals surface area contributed by atoms with Gasteiger partial charge in [-0.3, -0.25) is 0 Å². The maximum atomic E-state index is 13.4. The Hall–Kier alpha value is -2.83. The fourth-order valence-corrected chi connectivity index (χ4v) is 1.81. The molecule has 0 aliphatic rings. The van der Waals surface area contributed by atoms with Gasteiger partial charge in [0.25, 0.3) is 0 Å². The van der Waals surface area contributed by atoms with E-state index in [2.05, 4.69) is 10.6 Å². The average Bonchev–Trinajstić information content (AvgIpc) is 2.51. The first kappa shape index (κ1) is 15.6. The topological polar surface area (TPSA) is 59.6 Å². The summed E-state index contributed by atoms with van der Waals surface area (Å²) in [6, 6.07) is 7.22. The van der Waals surface area contributed by atoms with Crippen molar-refractivity contribution in [3.05, 3.63) is 48.0 Å². The second-order valence-electron chi connectivity index (χ2n) is 4.25. The lowest BCUT2D eigenvalue weighted by atomic mass is 10.2. The van der Waals surface area contributed by atoms with Crippen molar-refractivity contribution < 1.29 is 23.0 Å². The first-order chi connectivity index (χ1) is 10.5. The van der Waals surface area contributed by atoms with Gasteiger partial charge in [0.2, 0.25) is 0 Å². The van der Waals surface area contributed by atoms with E-state index >= 15 is 0 Å². The number of rotatable bonds is 4. The molecule has 0 aliphatic carbocycles. The third-order valence-electron chi connectivity index (χ3n) is 2.84. The molecule has 7 heteroatoms. The summed E-state index contributed by atoms with van der Waals surface area (Å²) >= 11 is 0. The molecule has 0 radical (unpaired) electrons. The highest BCUT2D eigenvalue weighted by molar-refractivity contribution is 6.00. The Morgan fingerprint density at radius 3 is 2.18 bits per heavy atom. The monoisotopic (exact) mass is 308 g/mol. The van der Waals surface area contributed by atoms with Gasteiger partial charge in [-0.25, -0.2) is 13.6 Å². The van der Waals surface area contributed by atoms with Crippen LogP contribution in [0.4, 0.5) is 25.0 Å². The lowest BCUT2D eigenvalue weighted by molar-refractivity contribution is 0.262. The van der Waals surface area contributed by atoms with Gasteiger partial charge in [-0.2, -0.15) is 0 Å². The molecule has 2 amide bonds. The minimum Gasteiger partial charge on any atom is -0.493 e. The van der Waals surface area contributed by atoms with Crippen LogP contribution in [-0.2, 0) is 0 Å². The van der Waals surface area contributed by atoms with E-state index in [9.17, 15) is 13.6 Å². The first-order valence-electron chi connectivity index (χ1n) is 6.29. The van der Waals surface area contributed by atoms with E-state index in [-0.39, 0.29) is 0 Å². The SMILES string of the molecule is COc1ccc(NC(=O)Nc2c(F)cccc2F)cc1OC. The van der Waals surface area contributed by atoms with Crippen LogP contribution >= 0.6 is 0 Å². The number of halogens is 2. The zero-order chi connectivity index (χ0) is 16.1. The molecule has 2 aromatic rings. The number of hydrogen-bond donors (Lipinski definition) is 2. The normalized spacial score (nSPS) is 10.0. The lowest BCUT2D eigenvalue weighted by Gasteiger charge is -2.12. The number of urea groups is 1. The number of benzene rings is 2. The number of carbonyl (C=O) groups excluding carboxylic acids is 1. The van der Waals surface area contributed by atoms with E-state index < -0.39 is 23.4 Å². The fourth-order valence-electron chi connectivity index (χ4n) is 1.81. The van der Waals surface area contributed by atoms with E-state index in [1.165, 1.54) is 26.4 Å². The zero-order valence-corrected chi connectivity index (χ0v) is 11.9. The maximum absolute atomic E-state index is 13.4. The number of nitrogens with one attached hydrogen (secondary N) is 2. The van der Waals surface area contributed by atoms with E-state index in [0.29, 0.717) is 17.2 Å². The van der Waals surface area contributed by atoms with Gasteiger partial charge in [-0.15, -0.1) is 0 Å². The summed E-state index contributed by atoms with van der Waals surface area (Å²) in [7, 11) is 2.94. The van der Waals surface area contributed by atoms with Gasteiger partial charge >= 0.3 is 6.03 Å². The summed E-state index contributed by atoms with van der Waals surface area (Å²) in [4.78, 5) is 11.8. The van der Waals surface area contributed by atoms with Gasteiger partial charge < -0.3 is 20.1 Å². The molecule has 0 fully saturated rings. The van der Waals surface area contributed by atoms with E-state index in [1.54, 1.807) is 12.1 Å². The predicted molar refractivity (Wildman–Crippen MR) is 78.5 cm³/mol. The second kappa shape index (κ2) is 6.75. The molecular weight excluding hydrogens is 294 g/mol. The maximum Gasteiger partial charge on any atom is 0.323 e. The lowest BCUT2D eigenvalue weighted by Crippen LogP contribution is -2.21. The Morgan fingerprint density at radius 1 is 0.955 bits per heavy atom. The molecule has 0 atom stereocenters. The highest BCUT2D eigenvalue weighted by Gasteiger charge is 2.12. The van der Waals surface area contributed by atoms with Gasteiger partial charge in [0.15, 0.2) is 11.5 Å². The van der Waals surface area contributed by atoms with Crippen LogP contribution < -0.4 is 20.1 Å². The number of carbonyl (C=O) groups is 1. The van der Waals surface area contributed by atoms with Crippen molar-refractivity contribution in [2.75, 3.05) is 24.9 Å². The average molecular weight is 308 g/mol. The summed E-state index contributed by atoms with van der Waals surface area (Å²) in [5, 5.41) is 4.57. The minimum atomic E-state index is -0.859. The molecular formula is C15H14F2N2O3. The molecule has 2 rings (SSSR count). The van der Waals surface area contributed by atoms with Gasteiger partial charge in [0.1, 0.15) is 17.3 Å². The summed E-state index contributed by atoms with van der Waals surface area (Å²) in [6.45, 7) is 0. The molecule has 0 unspecified atom stereocenters. The highest BCUT2D eigenvalue weighted by atomic mass is 19.1. The number of methoxy groups -OCH3 is 2. The van der Waals surface area contributed by atoms with Crippen molar-refractivity contribution >= 4 is 17.4 Å². The van der Waals surface area contributed by atoms with Crippen molar-refractivity contribution in [2.45, 2.75) is 0 Å². The standard InChI is InChI=1S/C15H14F2N2O3/c1-21-12-7-6-9(8-13(12)22-2)18-15(20)19-14-10(16)4-3-5-11(14)17/h3-8H,1-2H3,(H2,18,19,20). The van der Waals surface area contributed by atoms with Crippen molar-refractivity contribution in [1.29, 1.82) is 0 Å². The molecule has 0 saturated heterocycles. The quantitative estimate of drug-likeness (QED) is 0.907. The predicted octanol–water partition coefficient (Wildman–Crippen LogP) is 3.63. The Bertz CT molecular complexity index is 672. The molecule has 5 nitrogen and oxygen atoms in total. The number of para-hydroxylation sites is 1. The molecule has 0 spiro atoms. The molecule has 0 saturated carbocycles. The summed E-state index contributed by atoms with van der Waals surface area (Å²) < 4.78 is 37.1. The molecule has 2 N–H and O–H groups in total. The van der Waals surface area contributed by atoms with E-state index in [0.717, 1.165) is 12.1 Å². The van der Waals surface area contributed by atoms with E-state index in [1.807, 2.05) is 0 Å². The van der Waals surface area contributed by atoms with Gasteiger partial charge in [-0.1, -0.05) is 6.07 Å². The molecule has 0 bridgehead atoms. The van der Waals surface area contributed by atoms with Crippen LogP contribution in [-0.4, -0.2) is 20.3 Å². The third kappa shape index (κ3) is 3.43. The number of ether oxygens (including phenoxy) is 2. The Morgan fingerprint density at radius 2 is 1.59 bits per heavy atom. The number of hydrogen-bond acceptors (Lipinski definition) is 3. The van der Waals surface area contributed by atoms with Crippen molar-refractivity contribution in [3.63, 3.8) is 0 Å². The van der Waals surface area contributed by atoms with E-state index in [4.69, 9.17) is 9.47 Å². The molecule has 0 heterocycles. The van der Waals surface area contributed by atoms with Crippen molar-refractivity contribution in [3.8, 4) is 11.5 Å². The molecule has 0 aliphatic heterocycles. The van der Waals surface area contributed by atoms with Crippen LogP contribution in [0.25, 0.3) is 0 Å².